The molecule has 3 rings (SSSR count). The maximum atomic E-state index is 13.0. The molecule has 0 radical (unpaired) electrons. The first-order chi connectivity index (χ1) is 12.9. The van der Waals surface area contributed by atoms with Crippen LogP contribution in [0.3, 0.4) is 0 Å². The van der Waals surface area contributed by atoms with Crippen LogP contribution < -0.4 is 19.7 Å². The molecule has 0 aromatic heterocycles. The van der Waals surface area contributed by atoms with E-state index in [4.69, 9.17) is 33.3 Å². The molecule has 8 heteroatoms. The van der Waals surface area contributed by atoms with Crippen molar-refractivity contribution in [2.45, 2.75) is 0 Å². The second-order valence-corrected chi connectivity index (χ2v) is 6.37. The smallest absolute Gasteiger partial charge is 0.270 e. The summed E-state index contributed by atoms with van der Waals surface area (Å²) in [7, 11) is 3.03. The number of rotatable bonds is 4. The number of hydrogen-bond donors (Lipinski definition) is 1. The Morgan fingerprint density at radius 3 is 2.41 bits per heavy atom. The monoisotopic (exact) mass is 402 g/mol. The van der Waals surface area contributed by atoms with Gasteiger partial charge in [0.25, 0.3) is 11.8 Å². The molecule has 0 unspecified atom stereocenters. The second-order valence-electron chi connectivity index (χ2n) is 5.54. The lowest BCUT2D eigenvalue weighted by Crippen LogP contribution is -2.54. The molecule has 2 aromatic rings. The highest BCUT2D eigenvalue weighted by Crippen LogP contribution is 2.29. The number of amides is 2. The summed E-state index contributed by atoms with van der Waals surface area (Å²) in [4.78, 5) is 26.6. The van der Waals surface area contributed by atoms with Crippen molar-refractivity contribution in [1.29, 1.82) is 0 Å². The summed E-state index contributed by atoms with van der Waals surface area (Å²) in [5.74, 6) is -0.0527. The van der Waals surface area contributed by atoms with E-state index in [0.717, 1.165) is 0 Å². The standard InChI is InChI=1S/C19H15ClN2O4S/c1-25-14-8-3-11(16(10-14)26-2)9-15-17(23)21-19(27)22(18(15)24)13-6-4-12(20)5-7-13/h3-10H,1-2H3,(H,21,23,27)/b15-9-. The van der Waals surface area contributed by atoms with Crippen molar-refractivity contribution < 1.29 is 19.1 Å². The molecule has 0 aliphatic carbocycles. The molecule has 2 aromatic carbocycles. The van der Waals surface area contributed by atoms with Gasteiger partial charge in [-0.1, -0.05) is 11.6 Å². The Kier molecular flexibility index (Phi) is 5.43. The Balaban J connectivity index is 2.03. The number of benzene rings is 2. The van der Waals surface area contributed by atoms with Crippen molar-refractivity contribution in [2.24, 2.45) is 0 Å². The molecular weight excluding hydrogens is 388 g/mol. The van der Waals surface area contributed by atoms with Gasteiger partial charge in [-0.25, -0.2) is 0 Å². The van der Waals surface area contributed by atoms with Crippen molar-refractivity contribution in [3.05, 3.63) is 58.6 Å². The van der Waals surface area contributed by atoms with E-state index in [1.54, 1.807) is 42.5 Å². The minimum absolute atomic E-state index is 0.00571. The number of carbonyl (C=O) groups excluding carboxylic acids is 2. The number of anilines is 1. The van der Waals surface area contributed by atoms with Crippen LogP contribution in [0.2, 0.25) is 5.02 Å². The van der Waals surface area contributed by atoms with Crippen molar-refractivity contribution in [1.82, 2.24) is 5.32 Å². The predicted molar refractivity (Wildman–Crippen MR) is 107 cm³/mol. The molecule has 1 heterocycles. The van der Waals surface area contributed by atoms with E-state index in [-0.39, 0.29) is 10.7 Å². The van der Waals surface area contributed by atoms with Gasteiger partial charge >= 0.3 is 0 Å². The molecule has 6 nitrogen and oxygen atoms in total. The summed E-state index contributed by atoms with van der Waals surface area (Å²) in [6, 6.07) is 11.6. The normalized spacial score (nSPS) is 15.7. The minimum atomic E-state index is -0.576. The first-order valence-corrected chi connectivity index (χ1v) is 8.62. The average molecular weight is 403 g/mol. The summed E-state index contributed by atoms with van der Waals surface area (Å²) >= 11 is 11.1. The van der Waals surface area contributed by atoms with E-state index < -0.39 is 11.8 Å². The predicted octanol–water partition coefficient (Wildman–Crippen LogP) is 3.19. The summed E-state index contributed by atoms with van der Waals surface area (Å²) in [6.07, 6.45) is 1.46. The zero-order chi connectivity index (χ0) is 19.6. The fraction of sp³-hybridized carbons (Fsp3) is 0.105. The van der Waals surface area contributed by atoms with Crippen molar-refractivity contribution in [2.75, 3.05) is 19.1 Å². The highest BCUT2D eigenvalue weighted by molar-refractivity contribution is 7.80. The number of carbonyl (C=O) groups is 2. The lowest BCUT2D eigenvalue weighted by molar-refractivity contribution is -0.122. The summed E-state index contributed by atoms with van der Waals surface area (Å²) in [5.41, 5.74) is 0.990. The number of thiocarbonyl (C=S) groups is 1. The first kappa shape index (κ1) is 18.9. The Labute approximate surface area is 166 Å². The van der Waals surface area contributed by atoms with Gasteiger partial charge in [0, 0.05) is 16.7 Å². The average Bonchev–Trinajstić information content (AvgIpc) is 2.66. The molecule has 1 N–H and O–H groups in total. The van der Waals surface area contributed by atoms with Crippen LogP contribution in [-0.4, -0.2) is 31.1 Å². The maximum Gasteiger partial charge on any atom is 0.270 e. The molecule has 0 bridgehead atoms. The van der Waals surface area contributed by atoms with E-state index >= 15 is 0 Å². The summed E-state index contributed by atoms with van der Waals surface area (Å²) in [6.45, 7) is 0. The van der Waals surface area contributed by atoms with E-state index in [0.29, 0.717) is 27.8 Å². The lowest BCUT2D eigenvalue weighted by atomic mass is 10.1. The number of halogens is 1. The zero-order valence-corrected chi connectivity index (χ0v) is 16.1. The van der Waals surface area contributed by atoms with Gasteiger partial charge in [0.2, 0.25) is 0 Å². The second kappa shape index (κ2) is 7.77. The van der Waals surface area contributed by atoms with Gasteiger partial charge in [0.05, 0.1) is 19.9 Å². The Morgan fingerprint density at radius 2 is 1.78 bits per heavy atom. The molecule has 0 atom stereocenters. The molecular formula is C19H15ClN2O4S. The van der Waals surface area contributed by atoms with E-state index in [1.807, 2.05) is 0 Å². The molecule has 138 valence electrons. The number of nitrogens with zero attached hydrogens (tertiary/aromatic N) is 1. The summed E-state index contributed by atoms with van der Waals surface area (Å²) in [5, 5.41) is 3.06. The largest absolute Gasteiger partial charge is 0.497 e. The molecule has 27 heavy (non-hydrogen) atoms. The molecule has 1 saturated heterocycles. The molecule has 0 saturated carbocycles. The van der Waals surface area contributed by atoms with Crippen molar-refractivity contribution >= 4 is 52.5 Å². The minimum Gasteiger partial charge on any atom is -0.497 e. The maximum absolute atomic E-state index is 13.0. The first-order valence-electron chi connectivity index (χ1n) is 7.83. The molecule has 1 aliphatic rings. The van der Waals surface area contributed by atoms with Crippen LogP contribution in [0, 0.1) is 0 Å². The quantitative estimate of drug-likeness (QED) is 0.483. The highest BCUT2D eigenvalue weighted by atomic mass is 35.5. The Bertz CT molecular complexity index is 957. The van der Waals surface area contributed by atoms with E-state index in [9.17, 15) is 9.59 Å². The Morgan fingerprint density at radius 1 is 1.07 bits per heavy atom. The molecule has 1 fully saturated rings. The fourth-order valence-corrected chi connectivity index (χ4v) is 2.98. The van der Waals surface area contributed by atoms with Crippen LogP contribution in [0.25, 0.3) is 6.08 Å². The van der Waals surface area contributed by atoms with E-state index in [2.05, 4.69) is 5.32 Å². The van der Waals surface area contributed by atoms with Crippen LogP contribution in [-0.2, 0) is 9.59 Å². The third-order valence-electron chi connectivity index (χ3n) is 3.93. The third-order valence-corrected chi connectivity index (χ3v) is 4.46. The molecule has 0 spiro atoms. The third kappa shape index (κ3) is 3.79. The summed E-state index contributed by atoms with van der Waals surface area (Å²) < 4.78 is 10.5. The van der Waals surface area contributed by atoms with Crippen LogP contribution >= 0.6 is 23.8 Å². The topological polar surface area (TPSA) is 67.9 Å². The van der Waals surface area contributed by atoms with Gasteiger partial charge in [-0.3, -0.25) is 19.8 Å². The van der Waals surface area contributed by atoms with Crippen molar-refractivity contribution in [3.8, 4) is 11.5 Å². The number of methoxy groups -OCH3 is 2. The Hall–Kier alpha value is -2.90. The number of nitrogens with one attached hydrogen (secondary N) is 1. The van der Waals surface area contributed by atoms with Gasteiger partial charge in [0.15, 0.2) is 5.11 Å². The van der Waals surface area contributed by atoms with Gasteiger partial charge in [0.1, 0.15) is 17.1 Å². The fourth-order valence-electron chi connectivity index (χ4n) is 2.58. The SMILES string of the molecule is COc1ccc(/C=C2/C(=O)NC(=S)N(c3ccc(Cl)cc3)C2=O)c(OC)c1. The molecule has 1 aliphatic heterocycles. The van der Waals surface area contributed by atoms with Gasteiger partial charge in [-0.2, -0.15) is 0 Å². The highest BCUT2D eigenvalue weighted by Gasteiger charge is 2.34. The van der Waals surface area contributed by atoms with Gasteiger partial charge < -0.3 is 9.47 Å². The molecule has 2 amide bonds. The zero-order valence-electron chi connectivity index (χ0n) is 14.5. The van der Waals surface area contributed by atoms with Crippen molar-refractivity contribution in [3.63, 3.8) is 0 Å². The van der Waals surface area contributed by atoms with Gasteiger partial charge in [-0.15, -0.1) is 0 Å². The van der Waals surface area contributed by atoms with Crippen LogP contribution in [0.15, 0.2) is 48.0 Å². The number of hydrogen-bond acceptors (Lipinski definition) is 5. The van der Waals surface area contributed by atoms with E-state index in [1.165, 1.54) is 25.2 Å². The van der Waals surface area contributed by atoms with Crippen LogP contribution in [0.1, 0.15) is 5.56 Å². The number of ether oxygens (including phenoxy) is 2. The van der Waals surface area contributed by atoms with Gasteiger partial charge in [-0.05, 0) is 54.7 Å². The van der Waals surface area contributed by atoms with Crippen LogP contribution in [0.4, 0.5) is 5.69 Å². The van der Waals surface area contributed by atoms with Crippen LogP contribution in [0.5, 0.6) is 11.5 Å². The lowest BCUT2D eigenvalue weighted by Gasteiger charge is -2.29.